The van der Waals surface area contributed by atoms with E-state index in [-0.39, 0.29) is 17.2 Å². The summed E-state index contributed by atoms with van der Waals surface area (Å²) in [6, 6.07) is 10.7. The first-order valence-corrected chi connectivity index (χ1v) is 13.6. The summed E-state index contributed by atoms with van der Waals surface area (Å²) in [7, 11) is 1.53. The Balaban J connectivity index is 1.70. The van der Waals surface area contributed by atoms with E-state index in [2.05, 4.69) is 0 Å². The van der Waals surface area contributed by atoms with E-state index in [0.717, 1.165) is 49.0 Å². The van der Waals surface area contributed by atoms with Crippen molar-refractivity contribution in [3.63, 3.8) is 0 Å². The fourth-order valence-corrected chi connectivity index (χ4v) is 6.45. The van der Waals surface area contributed by atoms with Gasteiger partial charge in [-0.1, -0.05) is 34.7 Å². The number of benzene rings is 2. The van der Waals surface area contributed by atoms with Crippen molar-refractivity contribution in [2.45, 2.75) is 18.0 Å². The first-order chi connectivity index (χ1) is 17.4. The molecule has 2 aromatic heterocycles. The number of likely N-dealkylation sites (tertiary alicyclic amines) is 1. The van der Waals surface area contributed by atoms with Crippen LogP contribution in [0.5, 0.6) is 5.75 Å². The fraction of sp³-hybridized carbons (Fsp3) is 0.250. The van der Waals surface area contributed by atoms with Crippen LogP contribution in [-0.4, -0.2) is 50.9 Å². The zero-order valence-electron chi connectivity index (χ0n) is 19.1. The third kappa shape index (κ3) is 4.68. The average molecular weight is 563 g/mol. The summed E-state index contributed by atoms with van der Waals surface area (Å²) < 4.78 is 22.9. The highest BCUT2D eigenvalue weighted by molar-refractivity contribution is 7.99. The highest BCUT2D eigenvalue weighted by Crippen LogP contribution is 2.33. The zero-order chi connectivity index (χ0) is 25.4. The van der Waals surface area contributed by atoms with Gasteiger partial charge in [0.25, 0.3) is 5.56 Å². The summed E-state index contributed by atoms with van der Waals surface area (Å²) in [6.45, 7) is 1.46. The molecule has 7 nitrogen and oxygen atoms in total. The highest BCUT2D eigenvalue weighted by atomic mass is 35.5. The van der Waals surface area contributed by atoms with E-state index in [1.54, 1.807) is 22.8 Å². The number of amides is 1. The van der Waals surface area contributed by atoms with Gasteiger partial charge in [-0.25, -0.2) is 9.37 Å². The SMILES string of the molecule is COc1ccc(Cl)cc1-n1c(=S)sc2c(=O)n(-c3ccc(F)cc3)c(SCC(=O)N3CCCC3)nc21. The summed E-state index contributed by atoms with van der Waals surface area (Å²) >= 11 is 14.2. The van der Waals surface area contributed by atoms with Crippen molar-refractivity contribution in [2.75, 3.05) is 26.0 Å². The van der Waals surface area contributed by atoms with Gasteiger partial charge in [-0.15, -0.1) is 0 Å². The van der Waals surface area contributed by atoms with Crippen molar-refractivity contribution in [1.82, 2.24) is 19.0 Å². The molecule has 0 radical (unpaired) electrons. The fourth-order valence-electron chi connectivity index (χ4n) is 4.08. The Kier molecular flexibility index (Phi) is 7.16. The van der Waals surface area contributed by atoms with E-state index in [4.69, 9.17) is 33.5 Å². The Labute approximate surface area is 224 Å². The second-order valence-corrected chi connectivity index (χ2v) is 11.1. The topological polar surface area (TPSA) is 69.4 Å². The van der Waals surface area contributed by atoms with Crippen LogP contribution in [0, 0.1) is 9.77 Å². The van der Waals surface area contributed by atoms with E-state index in [1.165, 1.54) is 35.9 Å². The number of carbonyl (C=O) groups is 1. The lowest BCUT2D eigenvalue weighted by atomic mass is 10.3. The van der Waals surface area contributed by atoms with Gasteiger partial charge in [-0.2, -0.15) is 0 Å². The monoisotopic (exact) mass is 562 g/mol. The van der Waals surface area contributed by atoms with E-state index in [9.17, 15) is 14.0 Å². The van der Waals surface area contributed by atoms with Crippen molar-refractivity contribution in [1.29, 1.82) is 0 Å². The first-order valence-electron chi connectivity index (χ1n) is 11.1. The molecule has 1 saturated heterocycles. The molecule has 0 saturated carbocycles. The quantitative estimate of drug-likeness (QED) is 0.176. The summed E-state index contributed by atoms with van der Waals surface area (Å²) in [6.07, 6.45) is 1.97. The molecular weight excluding hydrogens is 543 g/mol. The van der Waals surface area contributed by atoms with E-state index in [0.29, 0.717) is 41.6 Å². The minimum absolute atomic E-state index is 0.0174. The van der Waals surface area contributed by atoms with Crippen LogP contribution in [-0.2, 0) is 4.79 Å². The average Bonchev–Trinajstić information content (AvgIpc) is 3.52. The minimum Gasteiger partial charge on any atom is -0.495 e. The second kappa shape index (κ2) is 10.3. The number of hydrogen-bond acceptors (Lipinski definition) is 7. The van der Waals surface area contributed by atoms with Crippen LogP contribution in [0.25, 0.3) is 21.7 Å². The molecule has 1 fully saturated rings. The molecule has 186 valence electrons. The number of thiazole rings is 1. The van der Waals surface area contributed by atoms with Crippen LogP contribution in [0.4, 0.5) is 4.39 Å². The smallest absolute Gasteiger partial charge is 0.278 e. The lowest BCUT2D eigenvalue weighted by molar-refractivity contribution is -0.127. The normalized spacial score (nSPS) is 13.5. The van der Waals surface area contributed by atoms with Crippen LogP contribution in [0.2, 0.25) is 5.02 Å². The Morgan fingerprint density at radius 2 is 1.92 bits per heavy atom. The molecule has 1 aliphatic rings. The van der Waals surface area contributed by atoms with Crippen molar-refractivity contribution in [2.24, 2.45) is 0 Å². The first kappa shape index (κ1) is 24.9. The number of methoxy groups -OCH3 is 1. The summed E-state index contributed by atoms with van der Waals surface area (Å²) in [5, 5.41) is 0.770. The Morgan fingerprint density at radius 3 is 2.61 bits per heavy atom. The third-order valence-corrected chi connectivity index (χ3v) is 8.34. The van der Waals surface area contributed by atoms with Gasteiger partial charge in [0, 0.05) is 18.1 Å². The molecule has 0 N–H and O–H groups in total. The van der Waals surface area contributed by atoms with Gasteiger partial charge >= 0.3 is 0 Å². The van der Waals surface area contributed by atoms with Crippen LogP contribution < -0.4 is 10.3 Å². The Hall–Kier alpha value is -2.73. The number of rotatable bonds is 6. The van der Waals surface area contributed by atoms with Crippen LogP contribution in [0.3, 0.4) is 0 Å². The van der Waals surface area contributed by atoms with E-state index in [1.807, 2.05) is 4.90 Å². The maximum absolute atomic E-state index is 13.8. The molecule has 0 spiro atoms. The maximum atomic E-state index is 13.8. The number of thioether (sulfide) groups is 1. The summed E-state index contributed by atoms with van der Waals surface area (Å²) in [4.78, 5) is 33.1. The molecule has 3 heterocycles. The molecule has 1 aliphatic heterocycles. The van der Waals surface area contributed by atoms with E-state index < -0.39 is 5.82 Å². The number of halogens is 2. The van der Waals surface area contributed by atoms with Gasteiger partial charge in [0.2, 0.25) is 5.91 Å². The van der Waals surface area contributed by atoms with Crippen LogP contribution in [0.15, 0.2) is 52.4 Å². The molecule has 2 aromatic carbocycles. The second-order valence-electron chi connectivity index (χ2n) is 8.06. The van der Waals surface area contributed by atoms with Gasteiger partial charge < -0.3 is 9.64 Å². The number of fused-ring (bicyclic) bond motifs is 1. The van der Waals surface area contributed by atoms with Crippen molar-refractivity contribution in [3.8, 4) is 17.1 Å². The number of hydrogen-bond donors (Lipinski definition) is 0. The lowest BCUT2D eigenvalue weighted by Gasteiger charge is -2.16. The van der Waals surface area contributed by atoms with Gasteiger partial charge in [0.05, 0.1) is 24.2 Å². The third-order valence-electron chi connectivity index (χ3n) is 5.83. The Morgan fingerprint density at radius 1 is 1.19 bits per heavy atom. The number of ether oxygens (including phenoxy) is 1. The largest absolute Gasteiger partial charge is 0.495 e. The Bertz CT molecular complexity index is 1580. The lowest BCUT2D eigenvalue weighted by Crippen LogP contribution is -2.29. The molecule has 36 heavy (non-hydrogen) atoms. The van der Waals surface area contributed by atoms with Crippen molar-refractivity contribution < 1.29 is 13.9 Å². The molecule has 12 heteroatoms. The van der Waals surface area contributed by atoms with Gasteiger partial charge in [-0.3, -0.25) is 18.7 Å². The molecule has 4 aromatic rings. The van der Waals surface area contributed by atoms with Crippen molar-refractivity contribution >= 4 is 63.2 Å². The van der Waals surface area contributed by atoms with Gasteiger partial charge in [-0.05, 0) is 67.5 Å². The minimum atomic E-state index is -0.422. The molecule has 5 rings (SSSR count). The number of aromatic nitrogens is 3. The molecule has 0 aliphatic carbocycles. The standard InChI is InChI=1S/C24H20ClFN4O3S3/c1-33-18-9-4-14(25)12-17(18)30-21-20(36-24(30)34)22(32)29(16-7-5-15(26)6-8-16)23(27-21)35-13-19(31)28-10-2-3-11-28/h4-9,12H,2-3,10-11,13H2,1H3. The summed E-state index contributed by atoms with van der Waals surface area (Å²) in [5.74, 6) is 0.188. The molecule has 0 unspecified atom stereocenters. The molecule has 0 bridgehead atoms. The van der Waals surface area contributed by atoms with Gasteiger partial charge in [0.1, 0.15) is 16.3 Å². The summed E-state index contributed by atoms with van der Waals surface area (Å²) in [5.41, 5.74) is 0.971. The van der Waals surface area contributed by atoms with Crippen LogP contribution in [0.1, 0.15) is 12.8 Å². The number of nitrogens with zero attached hydrogens (tertiary/aromatic N) is 4. The molecule has 1 amide bonds. The zero-order valence-corrected chi connectivity index (χ0v) is 22.3. The van der Waals surface area contributed by atoms with Crippen molar-refractivity contribution in [3.05, 3.63) is 67.6 Å². The molecule has 0 atom stereocenters. The predicted octanol–water partition coefficient (Wildman–Crippen LogP) is 5.48. The predicted molar refractivity (Wildman–Crippen MR) is 143 cm³/mol. The van der Waals surface area contributed by atoms with Gasteiger partial charge in [0.15, 0.2) is 14.8 Å². The molecular formula is C24H20ClFN4O3S3. The highest BCUT2D eigenvalue weighted by Gasteiger charge is 2.23. The maximum Gasteiger partial charge on any atom is 0.278 e. The van der Waals surface area contributed by atoms with Crippen LogP contribution >= 0.6 is 46.9 Å². The number of carbonyl (C=O) groups excluding carboxylic acids is 1. The van der Waals surface area contributed by atoms with E-state index >= 15 is 0 Å².